The zero-order valence-corrected chi connectivity index (χ0v) is 10.9. The van der Waals surface area contributed by atoms with Crippen molar-refractivity contribution in [2.24, 2.45) is 0 Å². The fourth-order valence-electron chi connectivity index (χ4n) is 1.40. The molecule has 0 saturated heterocycles. The van der Waals surface area contributed by atoms with Crippen molar-refractivity contribution in [3.8, 4) is 0 Å². The van der Waals surface area contributed by atoms with E-state index in [0.29, 0.717) is 6.04 Å². The van der Waals surface area contributed by atoms with E-state index in [1.165, 1.54) is 21.7 Å². The van der Waals surface area contributed by atoms with Gasteiger partial charge in [-0.2, -0.15) is 0 Å². The van der Waals surface area contributed by atoms with Crippen molar-refractivity contribution < 1.29 is 0 Å². The van der Waals surface area contributed by atoms with Crippen molar-refractivity contribution in [3.05, 3.63) is 27.5 Å². The molecular formula is C13H21NS. The molecule has 2 heteroatoms. The predicted molar refractivity (Wildman–Crippen MR) is 70.5 cm³/mol. The van der Waals surface area contributed by atoms with E-state index in [1.54, 1.807) is 0 Å². The first kappa shape index (κ1) is 12.5. The Balaban J connectivity index is 2.58. The van der Waals surface area contributed by atoms with Gasteiger partial charge in [-0.05, 0) is 51.9 Å². The van der Waals surface area contributed by atoms with E-state index in [-0.39, 0.29) is 0 Å². The van der Waals surface area contributed by atoms with Crippen molar-refractivity contribution in [2.45, 2.75) is 40.2 Å². The Morgan fingerprint density at radius 2 is 2.27 bits per heavy atom. The Kier molecular flexibility index (Phi) is 5.06. The second-order valence-electron chi connectivity index (χ2n) is 4.01. The molecule has 0 aliphatic heterocycles. The SMILES string of the molecule is CCCNC(C)/C(C)=C/c1ccc(C)s1. The van der Waals surface area contributed by atoms with Crippen LogP contribution in [0.5, 0.6) is 0 Å². The molecular weight excluding hydrogens is 202 g/mol. The molecule has 0 radical (unpaired) electrons. The van der Waals surface area contributed by atoms with E-state index >= 15 is 0 Å². The predicted octanol–water partition coefficient (Wildman–Crippen LogP) is 3.85. The van der Waals surface area contributed by atoms with Crippen LogP contribution in [-0.2, 0) is 0 Å². The van der Waals surface area contributed by atoms with Crippen molar-refractivity contribution in [3.63, 3.8) is 0 Å². The van der Waals surface area contributed by atoms with Crippen molar-refractivity contribution in [1.82, 2.24) is 5.32 Å². The minimum atomic E-state index is 0.479. The highest BCUT2D eigenvalue weighted by Crippen LogP contribution is 2.19. The molecule has 1 aromatic rings. The standard InChI is InChI=1S/C13H21NS/c1-5-8-14-12(4)10(2)9-13-7-6-11(3)15-13/h6-7,9,12,14H,5,8H2,1-4H3/b10-9+. The smallest absolute Gasteiger partial charge is 0.0273 e. The molecule has 1 nitrogen and oxygen atoms in total. The Bertz CT molecular complexity index is 325. The van der Waals surface area contributed by atoms with Gasteiger partial charge in [0.2, 0.25) is 0 Å². The quantitative estimate of drug-likeness (QED) is 0.799. The Morgan fingerprint density at radius 1 is 1.53 bits per heavy atom. The Morgan fingerprint density at radius 3 is 2.80 bits per heavy atom. The zero-order chi connectivity index (χ0) is 11.3. The average molecular weight is 223 g/mol. The first-order valence-electron chi connectivity index (χ1n) is 5.61. The fraction of sp³-hybridized carbons (Fsp3) is 0.538. The monoisotopic (exact) mass is 223 g/mol. The van der Waals surface area contributed by atoms with Crippen molar-refractivity contribution >= 4 is 17.4 Å². The minimum absolute atomic E-state index is 0.479. The van der Waals surface area contributed by atoms with Crippen molar-refractivity contribution in [2.75, 3.05) is 6.54 Å². The maximum Gasteiger partial charge on any atom is 0.0273 e. The molecule has 15 heavy (non-hydrogen) atoms. The van der Waals surface area contributed by atoms with E-state index in [0.717, 1.165) is 6.54 Å². The van der Waals surface area contributed by atoms with Gasteiger partial charge in [-0.25, -0.2) is 0 Å². The number of nitrogens with one attached hydrogen (secondary N) is 1. The van der Waals surface area contributed by atoms with E-state index < -0.39 is 0 Å². The summed E-state index contributed by atoms with van der Waals surface area (Å²) in [4.78, 5) is 2.73. The molecule has 0 bridgehead atoms. The van der Waals surface area contributed by atoms with Gasteiger partial charge in [0.1, 0.15) is 0 Å². The summed E-state index contributed by atoms with van der Waals surface area (Å²) in [7, 11) is 0. The van der Waals surface area contributed by atoms with Crippen LogP contribution in [0.4, 0.5) is 0 Å². The van der Waals surface area contributed by atoms with Gasteiger partial charge < -0.3 is 5.32 Å². The highest BCUT2D eigenvalue weighted by Gasteiger charge is 2.02. The Hall–Kier alpha value is -0.600. The third-order valence-electron chi connectivity index (χ3n) is 2.51. The lowest BCUT2D eigenvalue weighted by atomic mass is 10.1. The van der Waals surface area contributed by atoms with E-state index in [4.69, 9.17) is 0 Å². The summed E-state index contributed by atoms with van der Waals surface area (Å²) in [5, 5.41) is 3.50. The number of aryl methyl sites for hydroxylation is 1. The molecule has 0 aromatic carbocycles. The molecule has 0 amide bonds. The second-order valence-corrected chi connectivity index (χ2v) is 5.33. The molecule has 0 aliphatic carbocycles. The average Bonchev–Trinajstić information content (AvgIpc) is 2.60. The number of rotatable bonds is 5. The van der Waals surface area contributed by atoms with E-state index in [9.17, 15) is 0 Å². The summed E-state index contributed by atoms with van der Waals surface area (Å²) in [5.41, 5.74) is 1.41. The zero-order valence-electron chi connectivity index (χ0n) is 10.1. The third kappa shape index (κ3) is 4.18. The minimum Gasteiger partial charge on any atom is -0.311 e. The van der Waals surface area contributed by atoms with E-state index in [1.807, 2.05) is 11.3 Å². The van der Waals surface area contributed by atoms with Crippen LogP contribution < -0.4 is 5.32 Å². The van der Waals surface area contributed by atoms with Crippen LogP contribution in [0, 0.1) is 6.92 Å². The number of hydrogen-bond donors (Lipinski definition) is 1. The summed E-state index contributed by atoms with van der Waals surface area (Å²) in [6.45, 7) is 9.86. The lowest BCUT2D eigenvalue weighted by Crippen LogP contribution is -2.27. The van der Waals surface area contributed by atoms with Crippen LogP contribution in [0.25, 0.3) is 6.08 Å². The van der Waals surface area contributed by atoms with Gasteiger partial charge in [0.25, 0.3) is 0 Å². The highest BCUT2D eigenvalue weighted by atomic mass is 32.1. The van der Waals surface area contributed by atoms with Crippen LogP contribution in [-0.4, -0.2) is 12.6 Å². The number of hydrogen-bond acceptors (Lipinski definition) is 2. The second kappa shape index (κ2) is 6.09. The molecule has 0 spiro atoms. The van der Waals surface area contributed by atoms with E-state index in [2.05, 4.69) is 51.2 Å². The molecule has 0 aliphatic rings. The van der Waals surface area contributed by atoms with Gasteiger partial charge in [-0.3, -0.25) is 0 Å². The molecule has 0 fully saturated rings. The van der Waals surface area contributed by atoms with Crippen LogP contribution in [0.1, 0.15) is 36.9 Å². The van der Waals surface area contributed by atoms with Gasteiger partial charge in [-0.15, -0.1) is 11.3 Å². The molecule has 1 heterocycles. The van der Waals surface area contributed by atoms with Crippen LogP contribution in [0.2, 0.25) is 0 Å². The number of thiophene rings is 1. The normalized spacial score (nSPS) is 14.3. The summed E-state index contributed by atoms with van der Waals surface area (Å²) < 4.78 is 0. The van der Waals surface area contributed by atoms with Crippen LogP contribution in [0.15, 0.2) is 17.7 Å². The maximum absolute atomic E-state index is 3.50. The first-order chi connectivity index (χ1) is 7.13. The van der Waals surface area contributed by atoms with Gasteiger partial charge in [0, 0.05) is 15.8 Å². The molecule has 1 atom stereocenters. The van der Waals surface area contributed by atoms with Gasteiger partial charge in [-0.1, -0.05) is 12.5 Å². The van der Waals surface area contributed by atoms with Gasteiger partial charge in [0.15, 0.2) is 0 Å². The largest absolute Gasteiger partial charge is 0.311 e. The molecule has 0 saturated carbocycles. The topological polar surface area (TPSA) is 12.0 Å². The molecule has 84 valence electrons. The lowest BCUT2D eigenvalue weighted by molar-refractivity contribution is 0.604. The Labute approximate surface area is 97.2 Å². The van der Waals surface area contributed by atoms with Crippen LogP contribution >= 0.6 is 11.3 Å². The first-order valence-corrected chi connectivity index (χ1v) is 6.43. The van der Waals surface area contributed by atoms with Crippen LogP contribution in [0.3, 0.4) is 0 Å². The van der Waals surface area contributed by atoms with Gasteiger partial charge >= 0.3 is 0 Å². The summed E-state index contributed by atoms with van der Waals surface area (Å²) in [6.07, 6.45) is 3.47. The fourth-order valence-corrected chi connectivity index (χ4v) is 2.29. The third-order valence-corrected chi connectivity index (χ3v) is 3.46. The molecule has 1 aromatic heterocycles. The molecule has 1 rings (SSSR count). The summed E-state index contributed by atoms with van der Waals surface area (Å²) in [5.74, 6) is 0. The lowest BCUT2D eigenvalue weighted by Gasteiger charge is -2.13. The van der Waals surface area contributed by atoms with Crippen molar-refractivity contribution in [1.29, 1.82) is 0 Å². The highest BCUT2D eigenvalue weighted by molar-refractivity contribution is 7.12. The molecule has 1 N–H and O–H groups in total. The summed E-state index contributed by atoms with van der Waals surface area (Å²) >= 11 is 1.85. The molecule has 1 unspecified atom stereocenters. The summed E-state index contributed by atoms with van der Waals surface area (Å²) in [6, 6.07) is 4.84. The van der Waals surface area contributed by atoms with Gasteiger partial charge in [0.05, 0.1) is 0 Å². The maximum atomic E-state index is 3.50.